The van der Waals surface area contributed by atoms with E-state index in [0.717, 1.165) is 9.13 Å². The molecule has 0 bridgehead atoms. The van der Waals surface area contributed by atoms with Crippen LogP contribution >= 0.6 is 34.2 Å². The quantitative estimate of drug-likeness (QED) is 0.745. The summed E-state index contributed by atoms with van der Waals surface area (Å²) in [5.74, 6) is -1.10. The van der Waals surface area contributed by atoms with E-state index in [2.05, 4.69) is 27.9 Å². The Hall–Kier alpha value is -1.14. The average Bonchev–Trinajstić information content (AvgIpc) is 2.35. The number of carbonyl (C=O) groups is 1. The Morgan fingerprint density at radius 2 is 2.00 bits per heavy atom. The monoisotopic (exact) mass is 389 g/mol. The minimum absolute atomic E-state index is 0.0644. The summed E-state index contributed by atoms with van der Waals surface area (Å²) in [6.45, 7) is 1.88. The van der Waals surface area contributed by atoms with Gasteiger partial charge in [0.2, 0.25) is 0 Å². The van der Waals surface area contributed by atoms with Gasteiger partial charge in [0.05, 0.1) is 5.56 Å². The van der Waals surface area contributed by atoms with Crippen molar-refractivity contribution in [3.05, 3.63) is 61.9 Å². The van der Waals surface area contributed by atoms with Crippen molar-refractivity contribution in [2.45, 2.75) is 6.92 Å². The smallest absolute Gasteiger partial charge is 0.258 e. The Morgan fingerprint density at radius 1 is 1.26 bits per heavy atom. The van der Waals surface area contributed by atoms with Crippen LogP contribution < -0.4 is 5.32 Å². The Balaban J connectivity index is 2.28. The maximum atomic E-state index is 13.6. The van der Waals surface area contributed by atoms with E-state index in [-0.39, 0.29) is 5.56 Å². The Labute approximate surface area is 129 Å². The summed E-state index contributed by atoms with van der Waals surface area (Å²) in [5, 5.41) is 3.01. The first-order chi connectivity index (χ1) is 8.97. The first-order valence-electron chi connectivity index (χ1n) is 5.50. The van der Waals surface area contributed by atoms with Gasteiger partial charge in [-0.05, 0) is 71.5 Å². The molecule has 0 radical (unpaired) electrons. The molecule has 2 rings (SSSR count). The average molecular weight is 390 g/mol. The van der Waals surface area contributed by atoms with Gasteiger partial charge in [-0.25, -0.2) is 4.39 Å². The zero-order valence-electron chi connectivity index (χ0n) is 10.0. The van der Waals surface area contributed by atoms with Crippen LogP contribution in [0, 0.1) is 16.3 Å². The number of nitrogens with one attached hydrogen (secondary N) is 1. The van der Waals surface area contributed by atoms with E-state index in [1.165, 1.54) is 18.2 Å². The standard InChI is InChI=1S/C14H10ClFINO/c1-8-6-10(17)3-5-13(8)18-14(19)11-7-9(15)2-4-12(11)16/h2-7H,1H3,(H,18,19). The Bertz CT molecular complexity index is 645. The normalized spacial score (nSPS) is 10.3. The fourth-order valence-electron chi connectivity index (χ4n) is 1.63. The number of halogens is 3. The highest BCUT2D eigenvalue weighted by atomic mass is 127. The van der Waals surface area contributed by atoms with Crippen LogP contribution in [-0.4, -0.2) is 5.91 Å². The first-order valence-corrected chi connectivity index (χ1v) is 6.95. The molecule has 0 spiro atoms. The lowest BCUT2D eigenvalue weighted by Gasteiger charge is -2.09. The minimum atomic E-state index is -0.593. The van der Waals surface area contributed by atoms with Crippen molar-refractivity contribution in [3.8, 4) is 0 Å². The molecule has 1 N–H and O–H groups in total. The van der Waals surface area contributed by atoms with Gasteiger partial charge in [0.25, 0.3) is 5.91 Å². The van der Waals surface area contributed by atoms with Crippen molar-refractivity contribution in [1.29, 1.82) is 0 Å². The molecule has 0 saturated carbocycles. The van der Waals surface area contributed by atoms with E-state index in [1.54, 1.807) is 6.07 Å². The molecule has 2 nitrogen and oxygen atoms in total. The molecule has 1 amide bonds. The minimum Gasteiger partial charge on any atom is -0.322 e. The summed E-state index contributed by atoms with van der Waals surface area (Å²) in [6, 6.07) is 9.50. The second-order valence-corrected chi connectivity index (χ2v) is 5.72. The highest BCUT2D eigenvalue weighted by molar-refractivity contribution is 14.1. The molecule has 98 valence electrons. The predicted molar refractivity (Wildman–Crippen MR) is 83.3 cm³/mol. The van der Waals surface area contributed by atoms with Crippen molar-refractivity contribution in [1.82, 2.24) is 0 Å². The van der Waals surface area contributed by atoms with Crippen molar-refractivity contribution >= 4 is 45.8 Å². The van der Waals surface area contributed by atoms with Crippen LogP contribution in [0.1, 0.15) is 15.9 Å². The number of hydrogen-bond donors (Lipinski definition) is 1. The fraction of sp³-hybridized carbons (Fsp3) is 0.0714. The molecule has 0 aliphatic heterocycles. The Morgan fingerprint density at radius 3 is 2.68 bits per heavy atom. The van der Waals surface area contributed by atoms with Crippen LogP contribution in [0.5, 0.6) is 0 Å². The molecule has 5 heteroatoms. The number of benzene rings is 2. The summed E-state index contributed by atoms with van der Waals surface area (Å²) in [5.41, 5.74) is 1.51. The largest absolute Gasteiger partial charge is 0.322 e. The summed E-state index contributed by atoms with van der Waals surface area (Å²) in [4.78, 5) is 12.0. The first kappa shape index (κ1) is 14.3. The van der Waals surface area contributed by atoms with Gasteiger partial charge in [-0.3, -0.25) is 4.79 Å². The van der Waals surface area contributed by atoms with Gasteiger partial charge in [-0.1, -0.05) is 11.6 Å². The SMILES string of the molecule is Cc1cc(I)ccc1NC(=O)c1cc(Cl)ccc1F. The van der Waals surface area contributed by atoms with Crippen LogP contribution in [0.15, 0.2) is 36.4 Å². The van der Waals surface area contributed by atoms with Crippen molar-refractivity contribution in [3.63, 3.8) is 0 Å². The van der Waals surface area contributed by atoms with Crippen LogP contribution in [0.2, 0.25) is 5.02 Å². The molecule has 0 unspecified atom stereocenters. The fourth-order valence-corrected chi connectivity index (χ4v) is 2.45. The lowest BCUT2D eigenvalue weighted by molar-refractivity contribution is 0.102. The van der Waals surface area contributed by atoms with Gasteiger partial charge in [-0.2, -0.15) is 0 Å². The van der Waals surface area contributed by atoms with Crippen LogP contribution in [-0.2, 0) is 0 Å². The van der Waals surface area contributed by atoms with Gasteiger partial charge in [0, 0.05) is 14.3 Å². The van der Waals surface area contributed by atoms with Crippen molar-refractivity contribution < 1.29 is 9.18 Å². The number of anilines is 1. The van der Waals surface area contributed by atoms with E-state index < -0.39 is 11.7 Å². The molecule has 19 heavy (non-hydrogen) atoms. The summed E-state index contributed by atoms with van der Waals surface area (Å²) >= 11 is 7.96. The summed E-state index contributed by atoms with van der Waals surface area (Å²) < 4.78 is 14.6. The van der Waals surface area contributed by atoms with E-state index in [4.69, 9.17) is 11.6 Å². The molecular weight excluding hydrogens is 380 g/mol. The number of aryl methyl sites for hydroxylation is 1. The number of amides is 1. The summed E-state index contributed by atoms with van der Waals surface area (Å²) in [6.07, 6.45) is 0. The highest BCUT2D eigenvalue weighted by Gasteiger charge is 2.13. The van der Waals surface area contributed by atoms with Crippen LogP contribution in [0.25, 0.3) is 0 Å². The second kappa shape index (κ2) is 5.88. The van der Waals surface area contributed by atoms with Gasteiger partial charge < -0.3 is 5.32 Å². The zero-order chi connectivity index (χ0) is 14.0. The summed E-state index contributed by atoms with van der Waals surface area (Å²) in [7, 11) is 0. The van der Waals surface area contributed by atoms with E-state index in [9.17, 15) is 9.18 Å². The number of carbonyl (C=O) groups excluding carboxylic acids is 1. The predicted octanol–water partition coefficient (Wildman–Crippen LogP) is 4.64. The third-order valence-electron chi connectivity index (χ3n) is 2.61. The van der Waals surface area contributed by atoms with Crippen LogP contribution in [0.3, 0.4) is 0 Å². The number of hydrogen-bond acceptors (Lipinski definition) is 1. The second-order valence-electron chi connectivity index (χ2n) is 4.04. The number of rotatable bonds is 2. The topological polar surface area (TPSA) is 29.1 Å². The maximum absolute atomic E-state index is 13.6. The zero-order valence-corrected chi connectivity index (χ0v) is 12.9. The lowest BCUT2D eigenvalue weighted by Crippen LogP contribution is -2.14. The van der Waals surface area contributed by atoms with Gasteiger partial charge >= 0.3 is 0 Å². The molecule has 0 saturated heterocycles. The molecule has 0 fully saturated rings. The molecule has 0 aromatic heterocycles. The van der Waals surface area contributed by atoms with Gasteiger partial charge in [0.1, 0.15) is 5.82 Å². The molecule has 0 aliphatic carbocycles. The molecular formula is C14H10ClFINO. The molecule has 0 aliphatic rings. The molecule has 0 heterocycles. The van der Waals surface area contributed by atoms with Crippen molar-refractivity contribution in [2.24, 2.45) is 0 Å². The Kier molecular flexibility index (Phi) is 4.42. The van der Waals surface area contributed by atoms with Gasteiger partial charge in [0.15, 0.2) is 0 Å². The lowest BCUT2D eigenvalue weighted by atomic mass is 10.1. The molecule has 0 atom stereocenters. The molecule has 2 aromatic rings. The highest BCUT2D eigenvalue weighted by Crippen LogP contribution is 2.20. The van der Waals surface area contributed by atoms with Crippen LogP contribution in [0.4, 0.5) is 10.1 Å². The van der Waals surface area contributed by atoms with E-state index in [0.29, 0.717) is 10.7 Å². The third-order valence-corrected chi connectivity index (χ3v) is 3.52. The maximum Gasteiger partial charge on any atom is 0.258 e. The van der Waals surface area contributed by atoms with E-state index >= 15 is 0 Å². The van der Waals surface area contributed by atoms with E-state index in [1.807, 2.05) is 19.1 Å². The van der Waals surface area contributed by atoms with Gasteiger partial charge in [-0.15, -0.1) is 0 Å². The molecule has 2 aromatic carbocycles. The van der Waals surface area contributed by atoms with Crippen molar-refractivity contribution in [2.75, 3.05) is 5.32 Å². The third kappa shape index (κ3) is 3.45.